The molecule has 0 aliphatic rings. The lowest BCUT2D eigenvalue weighted by molar-refractivity contribution is 1.14. The summed E-state index contributed by atoms with van der Waals surface area (Å²) in [5, 5.41) is 10.2. The van der Waals surface area contributed by atoms with Crippen molar-refractivity contribution >= 4 is 76.2 Å². The summed E-state index contributed by atoms with van der Waals surface area (Å²) in [6, 6.07) is 68.9. The predicted molar refractivity (Wildman–Crippen MR) is 224 cm³/mol. The molecule has 53 heavy (non-hydrogen) atoms. The maximum atomic E-state index is 2.45. The Morgan fingerprint density at radius 2 is 0.755 bits per heavy atom. The fourth-order valence-corrected chi connectivity index (χ4v) is 9.17. The topological polar surface area (TPSA) is 14.8 Å². The Morgan fingerprint density at radius 1 is 0.264 bits per heavy atom. The Hall–Kier alpha value is -7.10. The van der Waals surface area contributed by atoms with Gasteiger partial charge >= 0.3 is 0 Å². The normalized spacial score (nSPS) is 12.2. The fraction of sp³-hybridized carbons (Fsp3) is 0. The van der Waals surface area contributed by atoms with Crippen molar-refractivity contribution in [3.8, 4) is 28.2 Å². The molecule has 0 aliphatic carbocycles. The van der Waals surface area contributed by atoms with Crippen LogP contribution in [0.5, 0.6) is 0 Å². The molecular weight excluding hydrogens is 643 g/mol. The van der Waals surface area contributed by atoms with Crippen molar-refractivity contribution < 1.29 is 0 Å². The number of nitrogens with zero attached hydrogens (tertiary/aromatic N) is 3. The molecule has 0 saturated heterocycles. The van der Waals surface area contributed by atoms with E-state index in [9.17, 15) is 0 Å². The Morgan fingerprint density at radius 3 is 1.42 bits per heavy atom. The van der Waals surface area contributed by atoms with Gasteiger partial charge in [-0.3, -0.25) is 0 Å². The van der Waals surface area contributed by atoms with Crippen LogP contribution in [0.25, 0.3) is 104 Å². The van der Waals surface area contributed by atoms with Crippen LogP contribution in [-0.2, 0) is 0 Å². The van der Waals surface area contributed by atoms with Crippen molar-refractivity contribution in [1.82, 2.24) is 13.7 Å². The summed E-state index contributed by atoms with van der Waals surface area (Å²) in [5.41, 5.74) is 13.3. The van der Waals surface area contributed by atoms with E-state index in [-0.39, 0.29) is 0 Å². The minimum Gasteiger partial charge on any atom is -0.309 e. The van der Waals surface area contributed by atoms with E-state index in [1.807, 2.05) is 0 Å². The van der Waals surface area contributed by atoms with Crippen molar-refractivity contribution in [3.63, 3.8) is 0 Å². The van der Waals surface area contributed by atoms with Gasteiger partial charge in [0.15, 0.2) is 0 Å². The van der Waals surface area contributed by atoms with Crippen LogP contribution in [0.4, 0.5) is 0 Å². The SMILES string of the molecule is c1ccc(-n2c3ccccc3c3cc(-c4ccc5c6c4ccc4cccc(c46)n5-c4ccc(-n5c6ccccc6c6ccccc65)cc4)ccc32)cc1. The van der Waals surface area contributed by atoms with Crippen molar-refractivity contribution in [2.45, 2.75) is 0 Å². The van der Waals surface area contributed by atoms with E-state index in [1.54, 1.807) is 0 Å². The smallest absolute Gasteiger partial charge is 0.0547 e. The summed E-state index contributed by atoms with van der Waals surface area (Å²) in [6.45, 7) is 0. The number of hydrogen-bond acceptors (Lipinski definition) is 0. The Labute approximate surface area is 305 Å². The first kappa shape index (κ1) is 28.6. The van der Waals surface area contributed by atoms with Gasteiger partial charge in [-0.1, -0.05) is 109 Å². The van der Waals surface area contributed by atoms with Crippen LogP contribution in [0.3, 0.4) is 0 Å². The lowest BCUT2D eigenvalue weighted by Crippen LogP contribution is -1.97. The highest BCUT2D eigenvalue weighted by Gasteiger charge is 2.20. The second kappa shape index (κ2) is 10.7. The van der Waals surface area contributed by atoms with Crippen LogP contribution in [0.1, 0.15) is 0 Å². The molecule has 3 heteroatoms. The number of rotatable bonds is 4. The Bertz CT molecular complexity index is 3320. The van der Waals surface area contributed by atoms with E-state index in [2.05, 4.69) is 202 Å². The maximum absolute atomic E-state index is 2.45. The van der Waals surface area contributed by atoms with E-state index in [0.717, 1.165) is 11.4 Å². The predicted octanol–water partition coefficient (Wildman–Crippen LogP) is 13.2. The molecule has 0 amide bonds. The molecule has 0 saturated carbocycles. The van der Waals surface area contributed by atoms with Crippen LogP contribution in [-0.4, -0.2) is 13.7 Å². The first-order chi connectivity index (χ1) is 26.3. The minimum absolute atomic E-state index is 1.16. The molecule has 246 valence electrons. The molecule has 0 fully saturated rings. The highest BCUT2D eigenvalue weighted by atomic mass is 15.0. The number of aromatic nitrogens is 3. The van der Waals surface area contributed by atoms with Gasteiger partial charge in [-0.15, -0.1) is 0 Å². The summed E-state index contributed by atoms with van der Waals surface area (Å²) < 4.78 is 7.21. The average molecular weight is 674 g/mol. The zero-order chi connectivity index (χ0) is 34.6. The van der Waals surface area contributed by atoms with Gasteiger partial charge < -0.3 is 13.7 Å². The lowest BCUT2D eigenvalue weighted by atomic mass is 9.94. The Kier molecular flexibility index (Phi) is 5.77. The number of para-hydroxylation sites is 4. The van der Waals surface area contributed by atoms with Crippen LogP contribution in [0.15, 0.2) is 188 Å². The van der Waals surface area contributed by atoms with Crippen molar-refractivity contribution in [1.29, 1.82) is 0 Å². The van der Waals surface area contributed by atoms with Crippen molar-refractivity contribution in [3.05, 3.63) is 188 Å². The summed E-state index contributed by atoms with van der Waals surface area (Å²) in [6.07, 6.45) is 0. The van der Waals surface area contributed by atoms with Crippen molar-refractivity contribution in [2.24, 2.45) is 0 Å². The third-order valence-electron chi connectivity index (χ3n) is 11.4. The quantitative estimate of drug-likeness (QED) is 0.165. The minimum atomic E-state index is 1.16. The standard InChI is InChI=1S/C50H31N3/c1-2-12-34(13-3-1)51-45-19-9-6-16-40(45)42-31-33(22-29-46(42)51)37-28-30-48-50-41(37)27-21-32-11-10-20-47(49(32)50)53(48)36-25-23-35(24-26-36)52-43-17-7-4-14-38(43)39-15-5-8-18-44(39)52/h1-31H. The van der Waals surface area contributed by atoms with Crippen LogP contribution in [0, 0.1) is 0 Å². The van der Waals surface area contributed by atoms with E-state index in [4.69, 9.17) is 0 Å². The lowest BCUT2D eigenvalue weighted by Gasteiger charge is -2.12. The van der Waals surface area contributed by atoms with E-state index >= 15 is 0 Å². The zero-order valence-corrected chi connectivity index (χ0v) is 28.7. The van der Waals surface area contributed by atoms with Gasteiger partial charge in [0.1, 0.15) is 0 Å². The van der Waals surface area contributed by atoms with E-state index in [0.29, 0.717) is 0 Å². The molecule has 0 unspecified atom stereocenters. The van der Waals surface area contributed by atoms with Gasteiger partial charge in [0, 0.05) is 49.4 Å². The molecular formula is C50H31N3. The van der Waals surface area contributed by atoms with Crippen LogP contribution >= 0.6 is 0 Å². The highest BCUT2D eigenvalue weighted by molar-refractivity contribution is 6.27. The molecule has 0 bridgehead atoms. The second-order valence-corrected chi connectivity index (χ2v) is 14.1. The van der Waals surface area contributed by atoms with Crippen LogP contribution < -0.4 is 0 Å². The van der Waals surface area contributed by atoms with Crippen LogP contribution in [0.2, 0.25) is 0 Å². The fourth-order valence-electron chi connectivity index (χ4n) is 9.17. The summed E-state index contributed by atoms with van der Waals surface area (Å²) in [4.78, 5) is 0. The largest absolute Gasteiger partial charge is 0.309 e. The molecule has 0 aliphatic heterocycles. The first-order valence-corrected chi connectivity index (χ1v) is 18.3. The Balaban J connectivity index is 1.04. The average Bonchev–Trinajstić information content (AvgIpc) is 3.87. The van der Waals surface area contributed by atoms with Gasteiger partial charge in [-0.2, -0.15) is 0 Å². The van der Waals surface area contributed by atoms with Gasteiger partial charge in [-0.05, 0) is 101 Å². The molecule has 3 aromatic heterocycles. The second-order valence-electron chi connectivity index (χ2n) is 14.1. The third kappa shape index (κ3) is 3.94. The summed E-state index contributed by atoms with van der Waals surface area (Å²) in [7, 11) is 0. The van der Waals surface area contributed by atoms with Crippen molar-refractivity contribution in [2.75, 3.05) is 0 Å². The maximum Gasteiger partial charge on any atom is 0.0547 e. The molecule has 3 heterocycles. The summed E-state index contributed by atoms with van der Waals surface area (Å²) >= 11 is 0. The van der Waals surface area contributed by atoms with Gasteiger partial charge in [0.25, 0.3) is 0 Å². The molecule has 12 aromatic rings. The molecule has 0 atom stereocenters. The van der Waals surface area contributed by atoms with E-state index in [1.165, 1.54) is 93.0 Å². The molecule has 12 rings (SSSR count). The first-order valence-electron chi connectivity index (χ1n) is 18.3. The zero-order valence-electron chi connectivity index (χ0n) is 28.7. The molecule has 3 nitrogen and oxygen atoms in total. The van der Waals surface area contributed by atoms with Gasteiger partial charge in [-0.25, -0.2) is 0 Å². The van der Waals surface area contributed by atoms with E-state index < -0.39 is 0 Å². The number of hydrogen-bond donors (Lipinski definition) is 0. The monoisotopic (exact) mass is 673 g/mol. The summed E-state index contributed by atoms with van der Waals surface area (Å²) in [5.74, 6) is 0. The highest BCUT2D eigenvalue weighted by Crippen LogP contribution is 2.44. The number of benzene rings is 9. The molecule has 0 radical (unpaired) electrons. The third-order valence-corrected chi connectivity index (χ3v) is 11.4. The molecule has 0 N–H and O–H groups in total. The van der Waals surface area contributed by atoms with Gasteiger partial charge in [0.2, 0.25) is 0 Å². The van der Waals surface area contributed by atoms with Gasteiger partial charge in [0.05, 0.1) is 33.1 Å². The number of fused-ring (bicyclic) bond motifs is 6. The molecule has 0 spiro atoms. The molecule has 9 aromatic carbocycles.